The SMILES string of the molecule is Cc1ccc(S(=O)(=O)N(CC(=O)N/N=C\c2ccc(OCc3ccc(Cl)cc3)cc2)c2ccccc2)cc1. The zero-order valence-corrected chi connectivity index (χ0v) is 22.2. The summed E-state index contributed by atoms with van der Waals surface area (Å²) in [5, 5.41) is 4.66. The number of carbonyl (C=O) groups excluding carboxylic acids is 1. The molecule has 38 heavy (non-hydrogen) atoms. The van der Waals surface area contributed by atoms with E-state index in [9.17, 15) is 13.2 Å². The van der Waals surface area contributed by atoms with E-state index in [-0.39, 0.29) is 4.90 Å². The number of hydrogen-bond donors (Lipinski definition) is 1. The van der Waals surface area contributed by atoms with Crippen molar-refractivity contribution in [1.82, 2.24) is 5.43 Å². The summed E-state index contributed by atoms with van der Waals surface area (Å²) < 4.78 is 33.5. The van der Waals surface area contributed by atoms with Gasteiger partial charge in [0.2, 0.25) is 0 Å². The highest BCUT2D eigenvalue weighted by atomic mass is 35.5. The summed E-state index contributed by atoms with van der Waals surface area (Å²) >= 11 is 5.90. The molecule has 0 aromatic heterocycles. The quantitative estimate of drug-likeness (QED) is 0.207. The van der Waals surface area contributed by atoms with Crippen LogP contribution in [-0.2, 0) is 21.4 Å². The highest BCUT2D eigenvalue weighted by Gasteiger charge is 2.27. The third-order valence-electron chi connectivity index (χ3n) is 5.54. The van der Waals surface area contributed by atoms with E-state index in [1.54, 1.807) is 66.7 Å². The number of anilines is 1. The Kier molecular flexibility index (Phi) is 8.78. The number of rotatable bonds is 10. The van der Waals surface area contributed by atoms with Crippen LogP contribution in [0.15, 0.2) is 113 Å². The molecular formula is C29H26ClN3O4S. The number of sulfonamides is 1. The van der Waals surface area contributed by atoms with Gasteiger partial charge in [-0.25, -0.2) is 13.8 Å². The maximum Gasteiger partial charge on any atom is 0.264 e. The standard InChI is InChI=1S/C29H26ClN3O4S/c1-22-7-17-28(18-8-22)38(35,36)33(26-5-3-2-4-6-26)20-29(34)32-31-19-23-11-15-27(16-12-23)37-21-24-9-13-25(30)14-10-24/h2-19H,20-21H2,1H3,(H,32,34)/b31-19-. The van der Waals surface area contributed by atoms with Crippen molar-refractivity contribution in [1.29, 1.82) is 0 Å². The number of amides is 1. The zero-order valence-electron chi connectivity index (χ0n) is 20.6. The molecule has 4 aromatic rings. The first-order valence-electron chi connectivity index (χ1n) is 11.7. The number of ether oxygens (including phenoxy) is 1. The van der Waals surface area contributed by atoms with Crippen molar-refractivity contribution in [2.45, 2.75) is 18.4 Å². The minimum Gasteiger partial charge on any atom is -0.489 e. The van der Waals surface area contributed by atoms with E-state index in [1.165, 1.54) is 18.3 Å². The lowest BCUT2D eigenvalue weighted by Gasteiger charge is -2.23. The molecule has 0 aliphatic rings. The second-order valence-electron chi connectivity index (χ2n) is 8.44. The fourth-order valence-electron chi connectivity index (χ4n) is 3.49. The van der Waals surface area contributed by atoms with Gasteiger partial charge >= 0.3 is 0 Å². The Morgan fingerprint density at radius 3 is 2.24 bits per heavy atom. The van der Waals surface area contributed by atoms with Crippen LogP contribution in [0, 0.1) is 6.92 Å². The van der Waals surface area contributed by atoms with E-state index in [0.29, 0.717) is 23.1 Å². The number of nitrogens with zero attached hydrogens (tertiary/aromatic N) is 2. The lowest BCUT2D eigenvalue weighted by atomic mass is 10.2. The fraction of sp³-hybridized carbons (Fsp3) is 0.103. The Labute approximate surface area is 227 Å². The van der Waals surface area contributed by atoms with Crippen molar-refractivity contribution < 1.29 is 17.9 Å². The Bertz CT molecular complexity index is 1490. The molecule has 7 nitrogen and oxygen atoms in total. The normalized spacial score (nSPS) is 11.3. The van der Waals surface area contributed by atoms with Gasteiger partial charge in [-0.15, -0.1) is 0 Å². The van der Waals surface area contributed by atoms with Crippen LogP contribution >= 0.6 is 11.6 Å². The smallest absolute Gasteiger partial charge is 0.264 e. The first-order chi connectivity index (χ1) is 18.3. The molecule has 194 valence electrons. The van der Waals surface area contributed by atoms with Crippen LogP contribution in [0.25, 0.3) is 0 Å². The molecule has 0 radical (unpaired) electrons. The van der Waals surface area contributed by atoms with Gasteiger partial charge in [0.05, 0.1) is 16.8 Å². The second kappa shape index (κ2) is 12.4. The molecule has 0 bridgehead atoms. The number of benzene rings is 4. The number of aryl methyl sites for hydroxylation is 1. The maximum atomic E-state index is 13.4. The van der Waals surface area contributed by atoms with Gasteiger partial charge in [0.1, 0.15) is 18.9 Å². The van der Waals surface area contributed by atoms with Gasteiger partial charge in [0.25, 0.3) is 15.9 Å². The fourth-order valence-corrected chi connectivity index (χ4v) is 5.04. The van der Waals surface area contributed by atoms with Gasteiger partial charge in [0, 0.05) is 5.02 Å². The van der Waals surface area contributed by atoms with Crippen molar-refractivity contribution in [3.8, 4) is 5.75 Å². The third kappa shape index (κ3) is 7.21. The van der Waals surface area contributed by atoms with Crippen molar-refractivity contribution >= 4 is 39.4 Å². The van der Waals surface area contributed by atoms with Crippen LogP contribution < -0.4 is 14.5 Å². The van der Waals surface area contributed by atoms with Crippen molar-refractivity contribution in [2.75, 3.05) is 10.8 Å². The Morgan fingerprint density at radius 2 is 1.58 bits per heavy atom. The summed E-state index contributed by atoms with van der Waals surface area (Å²) in [5.74, 6) is 0.102. The van der Waals surface area contributed by atoms with Crippen LogP contribution in [0.1, 0.15) is 16.7 Å². The molecule has 0 aliphatic heterocycles. The molecular weight excluding hydrogens is 522 g/mol. The number of carbonyl (C=O) groups is 1. The Morgan fingerprint density at radius 1 is 0.921 bits per heavy atom. The molecule has 4 aromatic carbocycles. The zero-order chi connectivity index (χ0) is 27.0. The molecule has 0 aliphatic carbocycles. The van der Waals surface area contributed by atoms with Crippen LogP contribution in [0.3, 0.4) is 0 Å². The first kappa shape index (κ1) is 26.9. The van der Waals surface area contributed by atoms with Gasteiger partial charge in [-0.05, 0) is 78.7 Å². The molecule has 0 unspecified atom stereocenters. The van der Waals surface area contributed by atoms with Gasteiger partial charge in [-0.3, -0.25) is 9.10 Å². The van der Waals surface area contributed by atoms with Gasteiger partial charge in [0.15, 0.2) is 0 Å². The molecule has 1 N–H and O–H groups in total. The van der Waals surface area contributed by atoms with E-state index in [1.807, 2.05) is 31.2 Å². The lowest BCUT2D eigenvalue weighted by Crippen LogP contribution is -2.39. The summed E-state index contributed by atoms with van der Waals surface area (Å²) in [6, 6.07) is 29.6. The topological polar surface area (TPSA) is 88.1 Å². The molecule has 9 heteroatoms. The summed E-state index contributed by atoms with van der Waals surface area (Å²) in [5.41, 5.74) is 5.45. The maximum absolute atomic E-state index is 13.4. The number of hydrazone groups is 1. The second-order valence-corrected chi connectivity index (χ2v) is 10.7. The summed E-state index contributed by atoms with van der Waals surface area (Å²) in [6.45, 7) is 1.85. The summed E-state index contributed by atoms with van der Waals surface area (Å²) in [7, 11) is -3.98. The Balaban J connectivity index is 1.38. The molecule has 1 amide bonds. The van der Waals surface area contributed by atoms with E-state index >= 15 is 0 Å². The summed E-state index contributed by atoms with van der Waals surface area (Å²) in [4.78, 5) is 12.8. The number of hydrogen-bond acceptors (Lipinski definition) is 5. The highest BCUT2D eigenvalue weighted by molar-refractivity contribution is 7.92. The van der Waals surface area contributed by atoms with Gasteiger partial charge in [-0.1, -0.05) is 59.6 Å². The minimum absolute atomic E-state index is 0.0987. The van der Waals surface area contributed by atoms with Gasteiger partial charge in [-0.2, -0.15) is 5.10 Å². The van der Waals surface area contributed by atoms with Crippen molar-refractivity contribution in [3.63, 3.8) is 0 Å². The van der Waals surface area contributed by atoms with Crippen LogP contribution in [0.5, 0.6) is 5.75 Å². The van der Waals surface area contributed by atoms with E-state index in [4.69, 9.17) is 16.3 Å². The number of halogens is 1. The molecule has 0 saturated carbocycles. The van der Waals surface area contributed by atoms with Crippen LogP contribution in [0.2, 0.25) is 5.02 Å². The average Bonchev–Trinajstić information content (AvgIpc) is 2.93. The van der Waals surface area contributed by atoms with Crippen LogP contribution in [0.4, 0.5) is 5.69 Å². The van der Waals surface area contributed by atoms with E-state index in [0.717, 1.165) is 21.0 Å². The predicted molar refractivity (Wildman–Crippen MR) is 150 cm³/mol. The van der Waals surface area contributed by atoms with Crippen LogP contribution in [-0.4, -0.2) is 27.1 Å². The highest BCUT2D eigenvalue weighted by Crippen LogP contribution is 2.23. The molecule has 0 fully saturated rings. The first-order valence-corrected chi connectivity index (χ1v) is 13.6. The average molecular weight is 548 g/mol. The molecule has 4 rings (SSSR count). The molecule has 0 saturated heterocycles. The largest absolute Gasteiger partial charge is 0.489 e. The monoisotopic (exact) mass is 547 g/mol. The Hall–Kier alpha value is -4.14. The molecule has 0 spiro atoms. The molecule has 0 atom stereocenters. The number of nitrogens with one attached hydrogen (secondary N) is 1. The van der Waals surface area contributed by atoms with Gasteiger partial charge < -0.3 is 4.74 Å². The van der Waals surface area contributed by atoms with Crippen molar-refractivity contribution in [3.05, 3.63) is 125 Å². The summed E-state index contributed by atoms with van der Waals surface area (Å²) in [6.07, 6.45) is 1.47. The lowest BCUT2D eigenvalue weighted by molar-refractivity contribution is -0.119. The van der Waals surface area contributed by atoms with E-state index < -0.39 is 22.5 Å². The van der Waals surface area contributed by atoms with E-state index in [2.05, 4.69) is 10.5 Å². The predicted octanol–water partition coefficient (Wildman–Crippen LogP) is 5.57. The minimum atomic E-state index is -3.98. The van der Waals surface area contributed by atoms with Crippen molar-refractivity contribution in [2.24, 2.45) is 5.10 Å². The third-order valence-corrected chi connectivity index (χ3v) is 7.58. The molecule has 0 heterocycles. The number of para-hydroxylation sites is 1.